The smallest absolute Gasteiger partial charge is 0.225 e. The van der Waals surface area contributed by atoms with Crippen molar-refractivity contribution in [2.75, 3.05) is 27.2 Å². The minimum absolute atomic E-state index is 0.150. The van der Waals surface area contributed by atoms with E-state index in [9.17, 15) is 9.90 Å². The molecule has 0 atom stereocenters. The molecule has 5 nitrogen and oxygen atoms in total. The third-order valence-corrected chi connectivity index (χ3v) is 6.10. The SMILES string of the molecule is COc1cccc(CN2CCC(C(=O)N(C)C3CCCCC3)CC2)c1O. The van der Waals surface area contributed by atoms with Crippen molar-refractivity contribution in [3.63, 3.8) is 0 Å². The van der Waals surface area contributed by atoms with Crippen LogP contribution in [0.15, 0.2) is 18.2 Å². The molecule has 2 fully saturated rings. The molecule has 0 unspecified atom stereocenters. The number of para-hydroxylation sites is 1. The number of ether oxygens (including phenoxy) is 1. The van der Waals surface area contributed by atoms with Gasteiger partial charge >= 0.3 is 0 Å². The summed E-state index contributed by atoms with van der Waals surface area (Å²) in [6.07, 6.45) is 7.96. The zero-order chi connectivity index (χ0) is 18.5. The number of methoxy groups -OCH3 is 1. The van der Waals surface area contributed by atoms with Gasteiger partial charge in [0.1, 0.15) is 0 Å². The maximum Gasteiger partial charge on any atom is 0.225 e. The minimum atomic E-state index is 0.150. The van der Waals surface area contributed by atoms with E-state index in [1.165, 1.54) is 19.3 Å². The van der Waals surface area contributed by atoms with Crippen molar-refractivity contribution in [1.82, 2.24) is 9.80 Å². The van der Waals surface area contributed by atoms with Crippen molar-refractivity contribution in [3.05, 3.63) is 23.8 Å². The Bertz CT molecular complexity index is 605. The van der Waals surface area contributed by atoms with Crippen molar-refractivity contribution >= 4 is 5.91 Å². The molecule has 0 spiro atoms. The van der Waals surface area contributed by atoms with Crippen LogP contribution >= 0.6 is 0 Å². The summed E-state index contributed by atoms with van der Waals surface area (Å²) in [7, 11) is 3.57. The second-order valence-electron chi connectivity index (χ2n) is 7.76. The van der Waals surface area contributed by atoms with E-state index in [1.807, 2.05) is 24.1 Å². The second kappa shape index (κ2) is 8.76. The number of hydrogen-bond donors (Lipinski definition) is 1. The molecule has 5 heteroatoms. The number of aromatic hydroxyl groups is 1. The second-order valence-corrected chi connectivity index (χ2v) is 7.76. The number of carbonyl (C=O) groups excluding carboxylic acids is 1. The number of piperidine rings is 1. The molecule has 2 aliphatic rings. The molecule has 0 radical (unpaired) electrons. The van der Waals surface area contributed by atoms with Gasteiger partial charge < -0.3 is 14.7 Å². The number of phenolic OH excluding ortho intramolecular Hbond substituents is 1. The third kappa shape index (κ3) is 4.32. The van der Waals surface area contributed by atoms with Crippen LogP contribution in [-0.4, -0.2) is 54.1 Å². The third-order valence-electron chi connectivity index (χ3n) is 6.10. The number of amides is 1. The first-order valence-electron chi connectivity index (χ1n) is 9.94. The summed E-state index contributed by atoms with van der Waals surface area (Å²) in [5.41, 5.74) is 0.883. The standard InChI is InChI=1S/C21H32N2O3/c1-22(18-8-4-3-5-9-18)21(25)16-11-13-23(14-12-16)15-17-7-6-10-19(26-2)20(17)24/h6-7,10,16,18,24H,3-5,8-9,11-15H2,1-2H3. The molecule has 1 saturated heterocycles. The quantitative estimate of drug-likeness (QED) is 0.874. The maximum atomic E-state index is 12.9. The fourth-order valence-corrected chi connectivity index (χ4v) is 4.38. The summed E-state index contributed by atoms with van der Waals surface area (Å²) in [6, 6.07) is 6.06. The van der Waals surface area contributed by atoms with E-state index < -0.39 is 0 Å². The fourth-order valence-electron chi connectivity index (χ4n) is 4.38. The molecule has 1 aromatic rings. The molecule has 3 rings (SSSR count). The van der Waals surface area contributed by atoms with Crippen molar-refractivity contribution in [1.29, 1.82) is 0 Å². The number of benzene rings is 1. The number of hydrogen-bond acceptors (Lipinski definition) is 4. The molecule has 1 saturated carbocycles. The molecular weight excluding hydrogens is 328 g/mol. The summed E-state index contributed by atoms with van der Waals surface area (Å²) in [5.74, 6) is 1.23. The number of rotatable bonds is 5. The Morgan fingerprint density at radius 3 is 2.54 bits per heavy atom. The average molecular weight is 360 g/mol. The first-order valence-corrected chi connectivity index (χ1v) is 9.94. The van der Waals surface area contributed by atoms with Crippen molar-refractivity contribution in [2.24, 2.45) is 5.92 Å². The number of phenols is 1. The van der Waals surface area contributed by atoms with Crippen molar-refractivity contribution < 1.29 is 14.6 Å². The van der Waals surface area contributed by atoms with Crippen LogP contribution < -0.4 is 4.74 Å². The van der Waals surface area contributed by atoms with Gasteiger partial charge in [-0.1, -0.05) is 31.4 Å². The maximum absolute atomic E-state index is 12.9. The van der Waals surface area contributed by atoms with Crippen LogP contribution in [0.4, 0.5) is 0 Å². The zero-order valence-electron chi connectivity index (χ0n) is 16.1. The number of nitrogens with zero attached hydrogens (tertiary/aromatic N) is 2. The molecule has 1 N–H and O–H groups in total. The van der Waals surface area contributed by atoms with Gasteiger partial charge in [0.2, 0.25) is 5.91 Å². The Kier molecular flexibility index (Phi) is 6.41. The predicted molar refractivity (Wildman–Crippen MR) is 102 cm³/mol. The Balaban J connectivity index is 1.51. The molecule has 144 valence electrons. The first kappa shape index (κ1) is 19.0. The molecule has 0 bridgehead atoms. The van der Waals surface area contributed by atoms with Crippen LogP contribution in [0.1, 0.15) is 50.5 Å². The Morgan fingerprint density at radius 1 is 1.19 bits per heavy atom. The van der Waals surface area contributed by atoms with Crippen LogP contribution in [0.2, 0.25) is 0 Å². The molecule has 26 heavy (non-hydrogen) atoms. The summed E-state index contributed by atoms with van der Waals surface area (Å²) >= 11 is 0. The van der Waals surface area contributed by atoms with Gasteiger partial charge in [0.05, 0.1) is 7.11 Å². The van der Waals surface area contributed by atoms with E-state index in [0.717, 1.165) is 44.3 Å². The van der Waals surface area contributed by atoms with Gasteiger partial charge in [-0.2, -0.15) is 0 Å². The highest BCUT2D eigenvalue weighted by Gasteiger charge is 2.30. The number of carbonyl (C=O) groups is 1. The molecular formula is C21H32N2O3. The lowest BCUT2D eigenvalue weighted by atomic mass is 9.91. The molecule has 1 aliphatic carbocycles. The molecule has 1 amide bonds. The van der Waals surface area contributed by atoms with Crippen LogP contribution in [0, 0.1) is 5.92 Å². The van der Waals surface area contributed by atoms with E-state index in [-0.39, 0.29) is 11.7 Å². The van der Waals surface area contributed by atoms with Crippen molar-refractivity contribution in [2.45, 2.75) is 57.5 Å². The van der Waals surface area contributed by atoms with E-state index in [0.29, 0.717) is 24.2 Å². The lowest BCUT2D eigenvalue weighted by Crippen LogP contribution is -2.45. The summed E-state index contributed by atoms with van der Waals surface area (Å²) in [4.78, 5) is 17.2. The van der Waals surface area contributed by atoms with Crippen LogP contribution in [0.3, 0.4) is 0 Å². The van der Waals surface area contributed by atoms with Gasteiger partial charge in [0.15, 0.2) is 11.5 Å². The monoisotopic (exact) mass is 360 g/mol. The normalized spacial score (nSPS) is 20.1. The van der Waals surface area contributed by atoms with Crippen molar-refractivity contribution in [3.8, 4) is 11.5 Å². The van der Waals surface area contributed by atoms with E-state index >= 15 is 0 Å². The van der Waals surface area contributed by atoms with Gasteiger partial charge in [-0.3, -0.25) is 9.69 Å². The van der Waals surface area contributed by atoms with E-state index in [1.54, 1.807) is 13.2 Å². The lowest BCUT2D eigenvalue weighted by molar-refractivity contribution is -0.138. The topological polar surface area (TPSA) is 53.0 Å². The van der Waals surface area contributed by atoms with Gasteiger partial charge in [-0.15, -0.1) is 0 Å². The van der Waals surface area contributed by atoms with Crippen LogP contribution in [-0.2, 0) is 11.3 Å². The predicted octanol–water partition coefficient (Wildman–Crippen LogP) is 3.40. The van der Waals surface area contributed by atoms with Gasteiger partial charge in [0.25, 0.3) is 0 Å². The summed E-state index contributed by atoms with van der Waals surface area (Å²) < 4.78 is 5.19. The molecule has 1 aromatic carbocycles. The van der Waals surface area contributed by atoms with Gasteiger partial charge in [-0.25, -0.2) is 0 Å². The zero-order valence-corrected chi connectivity index (χ0v) is 16.1. The molecule has 1 aliphatic heterocycles. The highest BCUT2D eigenvalue weighted by molar-refractivity contribution is 5.79. The highest BCUT2D eigenvalue weighted by atomic mass is 16.5. The fraction of sp³-hybridized carbons (Fsp3) is 0.667. The van der Waals surface area contributed by atoms with E-state index in [4.69, 9.17) is 4.74 Å². The van der Waals surface area contributed by atoms with Gasteiger partial charge in [0, 0.05) is 31.1 Å². The first-order chi connectivity index (χ1) is 12.6. The molecule has 1 heterocycles. The Labute approximate surface area is 156 Å². The average Bonchev–Trinajstić information content (AvgIpc) is 2.69. The Morgan fingerprint density at radius 2 is 1.88 bits per heavy atom. The lowest BCUT2D eigenvalue weighted by Gasteiger charge is -2.37. The summed E-state index contributed by atoms with van der Waals surface area (Å²) in [5, 5.41) is 10.3. The van der Waals surface area contributed by atoms with Gasteiger partial charge in [-0.05, 0) is 44.8 Å². The Hall–Kier alpha value is -1.75. The van der Waals surface area contributed by atoms with Crippen LogP contribution in [0.25, 0.3) is 0 Å². The van der Waals surface area contributed by atoms with E-state index in [2.05, 4.69) is 4.90 Å². The summed E-state index contributed by atoms with van der Waals surface area (Å²) in [6.45, 7) is 2.49. The number of likely N-dealkylation sites (tertiary alicyclic amines) is 1. The minimum Gasteiger partial charge on any atom is -0.504 e. The molecule has 0 aromatic heterocycles. The highest BCUT2D eigenvalue weighted by Crippen LogP contribution is 2.31. The van der Waals surface area contributed by atoms with Crippen LogP contribution in [0.5, 0.6) is 11.5 Å². The largest absolute Gasteiger partial charge is 0.504 e.